The fourth-order valence-corrected chi connectivity index (χ4v) is 2.35. The third kappa shape index (κ3) is 4.00. The minimum absolute atomic E-state index is 0.711. The van der Waals surface area contributed by atoms with Crippen molar-refractivity contribution in [3.8, 4) is 5.75 Å². The number of ether oxygens (including phenoxy) is 1. The van der Waals surface area contributed by atoms with Crippen LogP contribution in [0.15, 0.2) is 18.3 Å². The predicted molar refractivity (Wildman–Crippen MR) is 69.3 cm³/mol. The molecule has 0 radical (unpaired) electrons. The zero-order valence-corrected chi connectivity index (χ0v) is 10.6. The lowest BCUT2D eigenvalue weighted by atomic mass is 9.96. The molecule has 1 heterocycles. The molecular formula is C14H22N2O. The van der Waals surface area contributed by atoms with Crippen molar-refractivity contribution in [1.29, 1.82) is 0 Å². The molecule has 1 saturated carbocycles. The Morgan fingerprint density at radius 2 is 2.18 bits per heavy atom. The minimum atomic E-state index is 0.711. The lowest BCUT2D eigenvalue weighted by Gasteiger charge is -2.22. The zero-order valence-electron chi connectivity index (χ0n) is 10.6. The molecule has 1 aromatic rings. The zero-order chi connectivity index (χ0) is 11.9. The molecule has 1 aliphatic rings. The molecule has 3 heteroatoms. The third-order valence-corrected chi connectivity index (χ3v) is 3.36. The monoisotopic (exact) mass is 234 g/mol. The summed E-state index contributed by atoms with van der Waals surface area (Å²) in [6, 6.07) is 4.60. The quantitative estimate of drug-likeness (QED) is 0.795. The van der Waals surface area contributed by atoms with E-state index in [4.69, 9.17) is 4.74 Å². The van der Waals surface area contributed by atoms with Crippen molar-refractivity contribution in [3.05, 3.63) is 24.0 Å². The smallest absolute Gasteiger partial charge is 0.140 e. The molecule has 0 amide bonds. The van der Waals surface area contributed by atoms with Gasteiger partial charge in [0.2, 0.25) is 0 Å². The maximum atomic E-state index is 5.70. The molecule has 94 valence electrons. The van der Waals surface area contributed by atoms with Gasteiger partial charge in [0.15, 0.2) is 0 Å². The van der Waals surface area contributed by atoms with E-state index in [1.807, 2.05) is 19.1 Å². The first kappa shape index (κ1) is 12.4. The summed E-state index contributed by atoms with van der Waals surface area (Å²) in [5.41, 5.74) is 0.963. The molecule has 0 aliphatic heterocycles. The summed E-state index contributed by atoms with van der Waals surface area (Å²) in [6.45, 7) is 3.63. The van der Waals surface area contributed by atoms with E-state index in [1.54, 1.807) is 6.20 Å². The van der Waals surface area contributed by atoms with Crippen molar-refractivity contribution >= 4 is 0 Å². The van der Waals surface area contributed by atoms with E-state index in [0.717, 1.165) is 24.6 Å². The topological polar surface area (TPSA) is 34.1 Å². The van der Waals surface area contributed by atoms with Gasteiger partial charge in [-0.1, -0.05) is 19.3 Å². The average molecular weight is 234 g/mol. The average Bonchev–Trinajstić information content (AvgIpc) is 2.38. The number of aryl methyl sites for hydroxylation is 1. The first-order valence-corrected chi connectivity index (χ1v) is 6.64. The Morgan fingerprint density at radius 3 is 2.94 bits per heavy atom. The molecule has 0 atom stereocenters. The second kappa shape index (κ2) is 6.60. The number of hydrogen-bond donors (Lipinski definition) is 1. The van der Waals surface area contributed by atoms with Crippen LogP contribution < -0.4 is 10.1 Å². The van der Waals surface area contributed by atoms with Crippen molar-refractivity contribution in [3.63, 3.8) is 0 Å². The van der Waals surface area contributed by atoms with Crippen molar-refractivity contribution in [2.75, 3.05) is 13.2 Å². The van der Waals surface area contributed by atoms with Crippen molar-refractivity contribution in [1.82, 2.24) is 10.3 Å². The predicted octanol–water partition coefficient (Wildman–Crippen LogP) is 2.69. The Labute approximate surface area is 104 Å². The van der Waals surface area contributed by atoms with Gasteiger partial charge in [-0.15, -0.1) is 0 Å². The highest BCUT2D eigenvalue weighted by atomic mass is 16.5. The van der Waals surface area contributed by atoms with Gasteiger partial charge in [0, 0.05) is 18.8 Å². The molecule has 17 heavy (non-hydrogen) atoms. The number of nitrogens with zero attached hydrogens (tertiary/aromatic N) is 1. The summed E-state index contributed by atoms with van der Waals surface area (Å²) in [6.07, 6.45) is 8.60. The molecule has 1 aromatic heterocycles. The molecule has 0 bridgehead atoms. The van der Waals surface area contributed by atoms with Crippen LogP contribution in [-0.4, -0.2) is 24.2 Å². The Morgan fingerprint density at radius 1 is 1.35 bits per heavy atom. The lowest BCUT2D eigenvalue weighted by Crippen LogP contribution is -2.34. The maximum Gasteiger partial charge on any atom is 0.140 e. The molecule has 1 fully saturated rings. The van der Waals surface area contributed by atoms with Crippen LogP contribution in [0, 0.1) is 6.92 Å². The summed E-state index contributed by atoms with van der Waals surface area (Å²) >= 11 is 0. The largest absolute Gasteiger partial charge is 0.490 e. The van der Waals surface area contributed by atoms with Crippen LogP contribution in [0.25, 0.3) is 0 Å². The van der Waals surface area contributed by atoms with Gasteiger partial charge in [-0.25, -0.2) is 0 Å². The Bertz CT molecular complexity index is 335. The first-order chi connectivity index (χ1) is 8.36. The van der Waals surface area contributed by atoms with Gasteiger partial charge in [0.25, 0.3) is 0 Å². The van der Waals surface area contributed by atoms with Gasteiger partial charge in [0.05, 0.1) is 5.69 Å². The normalized spacial score (nSPS) is 17.0. The first-order valence-electron chi connectivity index (χ1n) is 6.64. The number of pyridine rings is 1. The molecule has 1 N–H and O–H groups in total. The fraction of sp³-hybridized carbons (Fsp3) is 0.643. The lowest BCUT2D eigenvalue weighted by molar-refractivity contribution is 0.287. The molecule has 0 aromatic carbocycles. The third-order valence-electron chi connectivity index (χ3n) is 3.36. The van der Waals surface area contributed by atoms with Crippen LogP contribution >= 0.6 is 0 Å². The van der Waals surface area contributed by atoms with Crippen LogP contribution in [0.4, 0.5) is 0 Å². The molecule has 2 rings (SSSR count). The molecular weight excluding hydrogens is 212 g/mol. The van der Waals surface area contributed by atoms with Crippen LogP contribution in [0.1, 0.15) is 37.8 Å². The fourth-order valence-electron chi connectivity index (χ4n) is 2.35. The van der Waals surface area contributed by atoms with E-state index >= 15 is 0 Å². The van der Waals surface area contributed by atoms with E-state index in [9.17, 15) is 0 Å². The SMILES string of the molecule is Cc1ncccc1OCCNC1CCCCC1. The molecule has 3 nitrogen and oxygen atoms in total. The summed E-state index contributed by atoms with van der Waals surface area (Å²) in [4.78, 5) is 4.20. The molecule has 1 aliphatic carbocycles. The van der Waals surface area contributed by atoms with Gasteiger partial charge >= 0.3 is 0 Å². The van der Waals surface area contributed by atoms with Crippen LogP contribution in [0.3, 0.4) is 0 Å². The summed E-state index contributed by atoms with van der Waals surface area (Å²) in [5.74, 6) is 0.901. The van der Waals surface area contributed by atoms with Gasteiger partial charge in [-0.05, 0) is 31.9 Å². The highest BCUT2D eigenvalue weighted by Gasteiger charge is 2.11. The number of aromatic nitrogens is 1. The Hall–Kier alpha value is -1.09. The standard InChI is InChI=1S/C14H22N2O/c1-12-14(8-5-9-15-12)17-11-10-16-13-6-3-2-4-7-13/h5,8-9,13,16H,2-4,6-7,10-11H2,1H3. The van der Waals surface area contributed by atoms with Crippen molar-refractivity contribution < 1.29 is 4.74 Å². The maximum absolute atomic E-state index is 5.70. The Kier molecular flexibility index (Phi) is 4.80. The molecule has 0 saturated heterocycles. The van der Waals surface area contributed by atoms with E-state index < -0.39 is 0 Å². The van der Waals surface area contributed by atoms with E-state index in [2.05, 4.69) is 10.3 Å². The highest BCUT2D eigenvalue weighted by molar-refractivity contribution is 5.25. The van der Waals surface area contributed by atoms with Crippen molar-refractivity contribution in [2.45, 2.75) is 45.1 Å². The van der Waals surface area contributed by atoms with E-state index in [0.29, 0.717) is 6.04 Å². The number of hydrogen-bond acceptors (Lipinski definition) is 3. The summed E-state index contributed by atoms with van der Waals surface area (Å²) in [5, 5.41) is 3.57. The van der Waals surface area contributed by atoms with Gasteiger partial charge in [-0.2, -0.15) is 0 Å². The van der Waals surface area contributed by atoms with Crippen LogP contribution in [-0.2, 0) is 0 Å². The number of rotatable bonds is 5. The van der Waals surface area contributed by atoms with Gasteiger partial charge < -0.3 is 10.1 Å². The van der Waals surface area contributed by atoms with Gasteiger partial charge in [0.1, 0.15) is 12.4 Å². The Balaban J connectivity index is 1.64. The minimum Gasteiger partial charge on any atom is -0.490 e. The van der Waals surface area contributed by atoms with Crippen molar-refractivity contribution in [2.24, 2.45) is 0 Å². The molecule has 0 unspecified atom stereocenters. The highest BCUT2D eigenvalue weighted by Crippen LogP contribution is 2.17. The van der Waals surface area contributed by atoms with Gasteiger partial charge in [-0.3, -0.25) is 4.98 Å². The summed E-state index contributed by atoms with van der Waals surface area (Å²) < 4.78 is 5.70. The van der Waals surface area contributed by atoms with Crippen LogP contribution in [0.2, 0.25) is 0 Å². The second-order valence-corrected chi connectivity index (χ2v) is 4.72. The second-order valence-electron chi connectivity index (χ2n) is 4.72. The number of nitrogens with one attached hydrogen (secondary N) is 1. The summed E-state index contributed by atoms with van der Waals surface area (Å²) in [7, 11) is 0. The van der Waals surface area contributed by atoms with E-state index in [1.165, 1.54) is 32.1 Å². The molecule has 0 spiro atoms. The van der Waals surface area contributed by atoms with Crippen LogP contribution in [0.5, 0.6) is 5.75 Å². The van der Waals surface area contributed by atoms with E-state index in [-0.39, 0.29) is 0 Å².